The normalized spacial score (nSPS) is 10.1. The van der Waals surface area contributed by atoms with Crippen LogP contribution in [0.5, 0.6) is 5.75 Å². The number of nitrogens with one attached hydrogen (secondary N) is 1. The summed E-state index contributed by atoms with van der Waals surface area (Å²) in [4.78, 5) is 17.5. The van der Waals surface area contributed by atoms with Crippen LogP contribution < -0.4 is 4.74 Å². The van der Waals surface area contributed by atoms with Crippen LogP contribution in [0.1, 0.15) is 10.5 Å². The number of aldehydes is 1. The van der Waals surface area contributed by atoms with E-state index in [2.05, 4.69) is 9.97 Å². The van der Waals surface area contributed by atoms with E-state index in [1.165, 1.54) is 6.20 Å². The summed E-state index contributed by atoms with van der Waals surface area (Å²) in [5, 5.41) is 0.583. The second-order valence-corrected chi connectivity index (χ2v) is 3.59. The molecular formula is C11H9ClN2O2. The SMILES string of the molecule is COc1ccc(Cl)cc1-c1ncc(C=O)[nH]1. The van der Waals surface area contributed by atoms with Gasteiger partial charge >= 0.3 is 0 Å². The number of aromatic amines is 1. The van der Waals surface area contributed by atoms with Gasteiger partial charge in [0.2, 0.25) is 0 Å². The van der Waals surface area contributed by atoms with E-state index in [4.69, 9.17) is 16.3 Å². The molecule has 2 aromatic rings. The lowest BCUT2D eigenvalue weighted by Crippen LogP contribution is -1.89. The van der Waals surface area contributed by atoms with Crippen molar-refractivity contribution in [3.05, 3.63) is 35.1 Å². The van der Waals surface area contributed by atoms with Gasteiger partial charge in [-0.1, -0.05) is 11.6 Å². The average Bonchev–Trinajstić information content (AvgIpc) is 2.77. The van der Waals surface area contributed by atoms with Gasteiger partial charge in [-0.25, -0.2) is 4.98 Å². The number of benzene rings is 1. The molecule has 2 rings (SSSR count). The number of carbonyl (C=O) groups excluding carboxylic acids is 1. The van der Waals surface area contributed by atoms with Crippen LogP contribution in [0.2, 0.25) is 5.02 Å². The number of rotatable bonds is 3. The topological polar surface area (TPSA) is 55.0 Å². The van der Waals surface area contributed by atoms with Gasteiger partial charge in [-0.05, 0) is 18.2 Å². The summed E-state index contributed by atoms with van der Waals surface area (Å²) in [5.74, 6) is 1.21. The summed E-state index contributed by atoms with van der Waals surface area (Å²) in [6, 6.07) is 5.21. The number of imidazole rings is 1. The molecule has 82 valence electrons. The number of aromatic nitrogens is 2. The molecule has 0 radical (unpaired) electrons. The molecule has 4 nitrogen and oxygen atoms in total. The molecule has 1 heterocycles. The van der Waals surface area contributed by atoms with Crippen LogP contribution >= 0.6 is 11.6 Å². The van der Waals surface area contributed by atoms with Crippen molar-refractivity contribution < 1.29 is 9.53 Å². The number of carbonyl (C=O) groups is 1. The van der Waals surface area contributed by atoms with Gasteiger partial charge in [0, 0.05) is 5.02 Å². The van der Waals surface area contributed by atoms with E-state index in [1.807, 2.05) is 0 Å². The zero-order valence-corrected chi connectivity index (χ0v) is 9.28. The fourth-order valence-electron chi connectivity index (χ4n) is 1.40. The lowest BCUT2D eigenvalue weighted by atomic mass is 10.2. The quantitative estimate of drug-likeness (QED) is 0.834. The van der Waals surface area contributed by atoms with Gasteiger partial charge in [0.05, 0.1) is 24.6 Å². The van der Waals surface area contributed by atoms with Gasteiger partial charge in [-0.2, -0.15) is 0 Å². The van der Waals surface area contributed by atoms with Crippen LogP contribution in [0.4, 0.5) is 0 Å². The lowest BCUT2D eigenvalue weighted by Gasteiger charge is -2.06. The van der Waals surface area contributed by atoms with E-state index in [0.29, 0.717) is 28.6 Å². The predicted octanol–water partition coefficient (Wildman–Crippen LogP) is 2.55. The maximum Gasteiger partial charge on any atom is 0.167 e. The first-order valence-electron chi connectivity index (χ1n) is 4.58. The molecule has 0 aliphatic heterocycles. The monoisotopic (exact) mass is 236 g/mol. The molecule has 0 amide bonds. The fourth-order valence-corrected chi connectivity index (χ4v) is 1.57. The minimum absolute atomic E-state index is 0.414. The summed E-state index contributed by atoms with van der Waals surface area (Å²) in [6.07, 6.45) is 2.16. The third-order valence-electron chi connectivity index (χ3n) is 2.14. The van der Waals surface area contributed by atoms with Crippen LogP contribution in [-0.4, -0.2) is 23.4 Å². The number of hydrogen-bond acceptors (Lipinski definition) is 3. The first-order valence-corrected chi connectivity index (χ1v) is 4.96. The van der Waals surface area contributed by atoms with Gasteiger partial charge in [0.25, 0.3) is 0 Å². The standard InChI is InChI=1S/C11H9ClN2O2/c1-16-10-3-2-7(12)4-9(10)11-13-5-8(6-15)14-11/h2-6H,1H3,(H,13,14). The number of ether oxygens (including phenoxy) is 1. The smallest absolute Gasteiger partial charge is 0.167 e. The molecular weight excluding hydrogens is 228 g/mol. The zero-order valence-electron chi connectivity index (χ0n) is 8.53. The van der Waals surface area contributed by atoms with E-state index < -0.39 is 0 Å². The Hall–Kier alpha value is -1.81. The largest absolute Gasteiger partial charge is 0.496 e. The Morgan fingerprint density at radius 3 is 2.94 bits per heavy atom. The van der Waals surface area contributed by atoms with E-state index in [9.17, 15) is 4.79 Å². The van der Waals surface area contributed by atoms with Crippen molar-refractivity contribution >= 4 is 17.9 Å². The molecule has 1 N–H and O–H groups in total. The van der Waals surface area contributed by atoms with Crippen LogP contribution in [0, 0.1) is 0 Å². The predicted molar refractivity (Wildman–Crippen MR) is 61.0 cm³/mol. The molecule has 0 spiro atoms. The van der Waals surface area contributed by atoms with Crippen molar-refractivity contribution in [1.29, 1.82) is 0 Å². The van der Waals surface area contributed by atoms with Crippen molar-refractivity contribution in [1.82, 2.24) is 9.97 Å². The maximum absolute atomic E-state index is 10.5. The number of H-pyrrole nitrogens is 1. The fraction of sp³-hybridized carbons (Fsp3) is 0.0909. The second-order valence-electron chi connectivity index (χ2n) is 3.15. The Labute approximate surface area is 97.2 Å². The molecule has 1 aromatic carbocycles. The number of halogens is 1. The Kier molecular flexibility index (Phi) is 2.92. The van der Waals surface area contributed by atoms with Gasteiger partial charge in [-0.15, -0.1) is 0 Å². The zero-order chi connectivity index (χ0) is 11.5. The second kappa shape index (κ2) is 4.37. The molecule has 5 heteroatoms. The molecule has 0 saturated heterocycles. The van der Waals surface area contributed by atoms with Gasteiger partial charge < -0.3 is 9.72 Å². The van der Waals surface area contributed by atoms with Crippen molar-refractivity contribution in [2.75, 3.05) is 7.11 Å². The Bertz CT molecular complexity index is 522. The van der Waals surface area contributed by atoms with Crippen molar-refractivity contribution in [2.45, 2.75) is 0 Å². The summed E-state index contributed by atoms with van der Waals surface area (Å²) in [6.45, 7) is 0. The summed E-state index contributed by atoms with van der Waals surface area (Å²) >= 11 is 5.90. The Morgan fingerprint density at radius 1 is 1.50 bits per heavy atom. The lowest BCUT2D eigenvalue weighted by molar-refractivity contribution is 0.111. The molecule has 0 saturated carbocycles. The minimum atomic E-state index is 0.414. The highest BCUT2D eigenvalue weighted by molar-refractivity contribution is 6.30. The highest BCUT2D eigenvalue weighted by Gasteiger charge is 2.09. The van der Waals surface area contributed by atoms with Crippen LogP contribution in [0.3, 0.4) is 0 Å². The third kappa shape index (κ3) is 1.92. The van der Waals surface area contributed by atoms with Crippen LogP contribution in [0.25, 0.3) is 11.4 Å². The maximum atomic E-state index is 10.5. The van der Waals surface area contributed by atoms with Crippen LogP contribution in [-0.2, 0) is 0 Å². The van der Waals surface area contributed by atoms with Crippen molar-refractivity contribution in [3.63, 3.8) is 0 Å². The number of nitrogens with zero attached hydrogens (tertiary/aromatic N) is 1. The molecule has 0 unspecified atom stereocenters. The molecule has 0 aliphatic rings. The first-order chi connectivity index (χ1) is 7.74. The van der Waals surface area contributed by atoms with Crippen molar-refractivity contribution in [2.24, 2.45) is 0 Å². The van der Waals surface area contributed by atoms with E-state index in [0.717, 1.165) is 5.56 Å². The van der Waals surface area contributed by atoms with E-state index in [-0.39, 0.29) is 0 Å². The van der Waals surface area contributed by atoms with Gasteiger partial charge in [0.1, 0.15) is 11.6 Å². The third-order valence-corrected chi connectivity index (χ3v) is 2.37. The molecule has 0 bridgehead atoms. The average molecular weight is 237 g/mol. The van der Waals surface area contributed by atoms with Crippen molar-refractivity contribution in [3.8, 4) is 17.1 Å². The summed E-state index contributed by atoms with van der Waals surface area (Å²) in [5.41, 5.74) is 1.14. The highest BCUT2D eigenvalue weighted by Crippen LogP contribution is 2.30. The molecule has 0 fully saturated rings. The minimum Gasteiger partial charge on any atom is -0.496 e. The van der Waals surface area contributed by atoms with E-state index >= 15 is 0 Å². The van der Waals surface area contributed by atoms with Gasteiger partial charge in [-0.3, -0.25) is 4.79 Å². The molecule has 0 atom stereocenters. The number of hydrogen-bond donors (Lipinski definition) is 1. The summed E-state index contributed by atoms with van der Waals surface area (Å²) < 4.78 is 5.19. The Balaban J connectivity index is 2.53. The van der Waals surface area contributed by atoms with E-state index in [1.54, 1.807) is 25.3 Å². The molecule has 0 aliphatic carbocycles. The van der Waals surface area contributed by atoms with Crippen LogP contribution in [0.15, 0.2) is 24.4 Å². The number of methoxy groups -OCH3 is 1. The molecule has 16 heavy (non-hydrogen) atoms. The van der Waals surface area contributed by atoms with Gasteiger partial charge in [0.15, 0.2) is 6.29 Å². The molecule has 1 aromatic heterocycles. The summed E-state index contributed by atoms with van der Waals surface area (Å²) in [7, 11) is 1.57. The highest BCUT2D eigenvalue weighted by atomic mass is 35.5. The first kappa shape index (κ1) is 10.7. The Morgan fingerprint density at radius 2 is 2.31 bits per heavy atom.